The number of rotatable bonds is 0. The van der Waals surface area contributed by atoms with Crippen molar-refractivity contribution in [3.05, 3.63) is 0 Å². The minimum atomic E-state index is -0.245. The van der Waals surface area contributed by atoms with Gasteiger partial charge in [0.1, 0.15) is 0 Å². The van der Waals surface area contributed by atoms with Crippen molar-refractivity contribution in [3.63, 3.8) is 0 Å². The summed E-state index contributed by atoms with van der Waals surface area (Å²) in [7, 11) is 0. The highest BCUT2D eigenvalue weighted by molar-refractivity contribution is 5.12. The third-order valence-electron chi connectivity index (χ3n) is 8.93. The van der Waals surface area contributed by atoms with Gasteiger partial charge in [-0.15, -0.1) is 0 Å². The summed E-state index contributed by atoms with van der Waals surface area (Å²) in [5.41, 5.74) is 0.278. The van der Waals surface area contributed by atoms with Crippen LogP contribution < -0.4 is 0 Å². The smallest absolute Gasteiger partial charge is 0.0622 e. The first-order chi connectivity index (χ1) is 10.8. The second kappa shape index (κ2) is 5.19. The molecule has 0 saturated heterocycles. The van der Waals surface area contributed by atoms with Crippen LogP contribution in [0.25, 0.3) is 0 Å². The summed E-state index contributed by atoms with van der Waals surface area (Å²) in [6.07, 6.45) is 6.44. The molecule has 3 N–H and O–H groups in total. The van der Waals surface area contributed by atoms with E-state index in [1.165, 1.54) is 0 Å². The molecular formula is C20H34O3. The molecule has 0 heterocycles. The summed E-state index contributed by atoms with van der Waals surface area (Å²) in [6.45, 7) is 6.89. The van der Waals surface area contributed by atoms with Gasteiger partial charge in [-0.3, -0.25) is 0 Å². The highest BCUT2D eigenvalue weighted by Gasteiger charge is 2.63. The van der Waals surface area contributed by atoms with Crippen LogP contribution in [0.3, 0.4) is 0 Å². The number of fused-ring (bicyclic) bond motifs is 5. The molecule has 0 amide bonds. The third kappa shape index (κ3) is 2.12. The van der Waals surface area contributed by atoms with E-state index >= 15 is 0 Å². The number of aliphatic hydroxyl groups is 3. The van der Waals surface area contributed by atoms with Crippen LogP contribution in [0.1, 0.15) is 65.7 Å². The Labute approximate surface area is 140 Å². The first-order valence-electron chi connectivity index (χ1n) is 9.81. The SMILES string of the molecule is C[C@@H]1CC2C3C(CC[C@]2(C)[C@@H]1O)[C@@]1(C)CC[C@@H](O)C[C@H]1C[C@@H]3O. The van der Waals surface area contributed by atoms with E-state index in [2.05, 4.69) is 20.8 Å². The van der Waals surface area contributed by atoms with E-state index in [9.17, 15) is 15.3 Å². The maximum Gasteiger partial charge on any atom is 0.0622 e. The maximum absolute atomic E-state index is 11.0. The van der Waals surface area contributed by atoms with Crippen LogP contribution in [-0.4, -0.2) is 33.6 Å². The number of hydrogen-bond acceptors (Lipinski definition) is 3. The van der Waals surface area contributed by atoms with E-state index in [0.29, 0.717) is 29.6 Å². The van der Waals surface area contributed by atoms with Crippen molar-refractivity contribution in [3.8, 4) is 0 Å². The Morgan fingerprint density at radius 2 is 1.52 bits per heavy atom. The van der Waals surface area contributed by atoms with Gasteiger partial charge in [0.2, 0.25) is 0 Å². The van der Waals surface area contributed by atoms with Crippen molar-refractivity contribution in [1.29, 1.82) is 0 Å². The zero-order chi connectivity index (χ0) is 16.6. The molecule has 4 aliphatic rings. The fraction of sp³-hybridized carbons (Fsp3) is 1.00. The Morgan fingerprint density at radius 1 is 0.826 bits per heavy atom. The van der Waals surface area contributed by atoms with Crippen molar-refractivity contribution in [2.45, 2.75) is 84.0 Å². The van der Waals surface area contributed by atoms with Crippen LogP contribution in [0.15, 0.2) is 0 Å². The molecule has 0 aromatic rings. The van der Waals surface area contributed by atoms with Gasteiger partial charge in [-0.25, -0.2) is 0 Å². The predicted molar refractivity (Wildman–Crippen MR) is 89.7 cm³/mol. The molecule has 0 radical (unpaired) electrons. The largest absolute Gasteiger partial charge is 0.393 e. The Morgan fingerprint density at radius 3 is 2.26 bits per heavy atom. The molecule has 23 heavy (non-hydrogen) atoms. The second-order valence-corrected chi connectivity index (χ2v) is 9.93. The van der Waals surface area contributed by atoms with Crippen molar-refractivity contribution >= 4 is 0 Å². The Hall–Kier alpha value is -0.120. The molecule has 0 aliphatic heterocycles. The Balaban J connectivity index is 1.68. The monoisotopic (exact) mass is 322 g/mol. The third-order valence-corrected chi connectivity index (χ3v) is 8.93. The summed E-state index contributed by atoms with van der Waals surface area (Å²) in [5.74, 6) is 2.21. The summed E-state index contributed by atoms with van der Waals surface area (Å²) in [5, 5.41) is 31.9. The molecule has 3 heteroatoms. The van der Waals surface area contributed by atoms with Gasteiger partial charge in [-0.2, -0.15) is 0 Å². The lowest BCUT2D eigenvalue weighted by atomic mass is 9.44. The average molecular weight is 322 g/mol. The van der Waals surface area contributed by atoms with Crippen LogP contribution in [0.4, 0.5) is 0 Å². The van der Waals surface area contributed by atoms with Crippen molar-refractivity contribution in [2.24, 2.45) is 40.4 Å². The molecule has 0 bridgehead atoms. The molecule has 3 nitrogen and oxygen atoms in total. The van der Waals surface area contributed by atoms with Crippen molar-refractivity contribution in [1.82, 2.24) is 0 Å². The molecule has 4 aliphatic carbocycles. The fourth-order valence-corrected chi connectivity index (χ4v) is 7.54. The first kappa shape index (κ1) is 16.4. The van der Waals surface area contributed by atoms with Gasteiger partial charge >= 0.3 is 0 Å². The van der Waals surface area contributed by atoms with Crippen molar-refractivity contribution in [2.75, 3.05) is 0 Å². The summed E-state index contributed by atoms with van der Waals surface area (Å²) in [6, 6.07) is 0. The molecular weight excluding hydrogens is 288 g/mol. The molecule has 4 rings (SSSR count). The van der Waals surface area contributed by atoms with Crippen LogP contribution in [0.2, 0.25) is 0 Å². The van der Waals surface area contributed by atoms with Gasteiger partial charge in [-0.1, -0.05) is 20.8 Å². The minimum Gasteiger partial charge on any atom is -0.393 e. The van der Waals surface area contributed by atoms with E-state index in [1.54, 1.807) is 0 Å². The predicted octanol–water partition coefficient (Wildman–Crippen LogP) is 2.97. The van der Waals surface area contributed by atoms with E-state index < -0.39 is 0 Å². The molecule has 3 unspecified atom stereocenters. The highest BCUT2D eigenvalue weighted by Crippen LogP contribution is 2.66. The standard InChI is InChI=1S/C20H34O3/c1-11-8-15-17-14(5-7-20(15,3)18(11)23)19(2)6-4-13(21)9-12(19)10-16(17)22/h11-18,21-23H,4-10H2,1-3H3/t11-,12+,13-,14?,15?,16+,17?,18-,19+,20+/m1/s1. The number of aliphatic hydroxyl groups excluding tert-OH is 3. The first-order valence-corrected chi connectivity index (χ1v) is 9.81. The van der Waals surface area contributed by atoms with Crippen LogP contribution in [-0.2, 0) is 0 Å². The highest BCUT2D eigenvalue weighted by atomic mass is 16.3. The molecule has 0 spiro atoms. The lowest BCUT2D eigenvalue weighted by Crippen LogP contribution is -2.58. The van der Waals surface area contributed by atoms with Crippen LogP contribution in [0, 0.1) is 40.4 Å². The molecule has 10 atom stereocenters. The summed E-state index contributed by atoms with van der Waals surface area (Å²) < 4.78 is 0. The fourth-order valence-electron chi connectivity index (χ4n) is 7.54. The molecule has 0 aromatic heterocycles. The van der Waals surface area contributed by atoms with Gasteiger partial charge in [0.25, 0.3) is 0 Å². The van der Waals surface area contributed by atoms with Gasteiger partial charge in [-0.05, 0) is 85.4 Å². The lowest BCUT2D eigenvalue weighted by Gasteiger charge is -2.61. The van der Waals surface area contributed by atoms with Crippen molar-refractivity contribution < 1.29 is 15.3 Å². The number of hydrogen-bond donors (Lipinski definition) is 3. The van der Waals surface area contributed by atoms with Crippen LogP contribution >= 0.6 is 0 Å². The normalized spacial score (nSPS) is 62.3. The Bertz CT molecular complexity index is 480. The molecule has 4 saturated carbocycles. The minimum absolute atomic E-state index is 0.00105. The Kier molecular flexibility index (Phi) is 3.69. The summed E-state index contributed by atoms with van der Waals surface area (Å²) in [4.78, 5) is 0. The van der Waals surface area contributed by atoms with E-state index in [4.69, 9.17) is 0 Å². The molecule has 132 valence electrons. The van der Waals surface area contributed by atoms with Gasteiger partial charge in [0, 0.05) is 0 Å². The van der Waals surface area contributed by atoms with Gasteiger partial charge in [0.15, 0.2) is 0 Å². The van der Waals surface area contributed by atoms with Gasteiger partial charge < -0.3 is 15.3 Å². The quantitative estimate of drug-likeness (QED) is 0.642. The lowest BCUT2D eigenvalue weighted by molar-refractivity contribution is -0.177. The van der Waals surface area contributed by atoms with E-state index in [-0.39, 0.29) is 29.1 Å². The average Bonchev–Trinajstić information content (AvgIpc) is 2.73. The van der Waals surface area contributed by atoms with Gasteiger partial charge in [0.05, 0.1) is 18.3 Å². The molecule has 4 fully saturated rings. The zero-order valence-corrected chi connectivity index (χ0v) is 14.9. The topological polar surface area (TPSA) is 60.7 Å². The molecule has 0 aromatic carbocycles. The van der Waals surface area contributed by atoms with E-state index in [0.717, 1.165) is 44.9 Å². The van der Waals surface area contributed by atoms with Crippen LogP contribution in [0.5, 0.6) is 0 Å². The second-order valence-electron chi connectivity index (χ2n) is 9.93. The summed E-state index contributed by atoms with van der Waals surface area (Å²) >= 11 is 0. The zero-order valence-electron chi connectivity index (χ0n) is 14.9. The maximum atomic E-state index is 11.0. The van der Waals surface area contributed by atoms with E-state index in [1.807, 2.05) is 0 Å².